The summed E-state index contributed by atoms with van der Waals surface area (Å²) in [6.07, 6.45) is 0. The summed E-state index contributed by atoms with van der Waals surface area (Å²) in [4.78, 5) is 0. The number of hydrogen-bond acceptors (Lipinski definition) is 2. The number of rotatable bonds is 5. The van der Waals surface area contributed by atoms with Crippen molar-refractivity contribution in [2.45, 2.75) is 33.9 Å². The normalized spacial score (nSPS) is 10.7. The standard InChI is InChI=1S/C21H23ClN4S/c1-14-4-6-17(7-5-14)12-23-21(27)24-20-15(2)25-26(16(20)3)13-18-8-10-19(22)11-9-18/h4-11H,12-13H2,1-3H3,(H2,23,24,27). The Labute approximate surface area is 170 Å². The Morgan fingerprint density at radius 1 is 1.00 bits per heavy atom. The van der Waals surface area contributed by atoms with E-state index in [-0.39, 0.29) is 0 Å². The molecule has 0 saturated carbocycles. The molecule has 0 saturated heterocycles. The molecular formula is C21H23ClN4S. The fourth-order valence-electron chi connectivity index (χ4n) is 2.84. The van der Waals surface area contributed by atoms with Crippen molar-refractivity contribution in [2.75, 3.05) is 5.32 Å². The lowest BCUT2D eigenvalue weighted by Crippen LogP contribution is -2.28. The van der Waals surface area contributed by atoms with E-state index in [9.17, 15) is 0 Å². The lowest BCUT2D eigenvalue weighted by molar-refractivity contribution is 0.659. The van der Waals surface area contributed by atoms with E-state index in [2.05, 4.69) is 46.9 Å². The van der Waals surface area contributed by atoms with Crippen LogP contribution in [-0.4, -0.2) is 14.9 Å². The van der Waals surface area contributed by atoms with Crippen molar-refractivity contribution in [2.24, 2.45) is 0 Å². The number of nitrogens with zero attached hydrogens (tertiary/aromatic N) is 2. The van der Waals surface area contributed by atoms with Crippen molar-refractivity contribution in [1.29, 1.82) is 0 Å². The van der Waals surface area contributed by atoms with Crippen molar-refractivity contribution < 1.29 is 0 Å². The van der Waals surface area contributed by atoms with Crippen LogP contribution in [0.2, 0.25) is 5.02 Å². The summed E-state index contributed by atoms with van der Waals surface area (Å²) >= 11 is 11.4. The molecule has 3 rings (SSSR count). The van der Waals surface area contributed by atoms with Gasteiger partial charge in [-0.3, -0.25) is 4.68 Å². The molecule has 6 heteroatoms. The van der Waals surface area contributed by atoms with Gasteiger partial charge in [-0.05, 0) is 56.2 Å². The number of halogens is 1. The van der Waals surface area contributed by atoms with E-state index in [0.717, 1.165) is 27.7 Å². The van der Waals surface area contributed by atoms with Crippen molar-refractivity contribution in [3.63, 3.8) is 0 Å². The first-order valence-electron chi connectivity index (χ1n) is 8.81. The molecule has 140 valence electrons. The Kier molecular flexibility index (Phi) is 6.14. The Morgan fingerprint density at radius 2 is 1.63 bits per heavy atom. The Hall–Kier alpha value is -2.37. The maximum Gasteiger partial charge on any atom is 0.171 e. The first kappa shape index (κ1) is 19.4. The quantitative estimate of drug-likeness (QED) is 0.593. The van der Waals surface area contributed by atoms with E-state index in [1.165, 1.54) is 11.1 Å². The lowest BCUT2D eigenvalue weighted by Gasteiger charge is -2.11. The van der Waals surface area contributed by atoms with E-state index in [1.54, 1.807) is 0 Å². The van der Waals surface area contributed by atoms with Gasteiger partial charge in [0.25, 0.3) is 0 Å². The molecule has 0 aliphatic heterocycles. The zero-order valence-electron chi connectivity index (χ0n) is 15.7. The van der Waals surface area contributed by atoms with Gasteiger partial charge in [-0.1, -0.05) is 53.6 Å². The van der Waals surface area contributed by atoms with Gasteiger partial charge in [0.1, 0.15) is 0 Å². The van der Waals surface area contributed by atoms with Crippen LogP contribution in [0.15, 0.2) is 48.5 Å². The first-order valence-corrected chi connectivity index (χ1v) is 9.60. The van der Waals surface area contributed by atoms with Gasteiger partial charge in [-0.25, -0.2) is 0 Å². The highest BCUT2D eigenvalue weighted by Crippen LogP contribution is 2.21. The van der Waals surface area contributed by atoms with Gasteiger partial charge < -0.3 is 10.6 Å². The second kappa shape index (κ2) is 8.55. The average Bonchev–Trinajstić information content (AvgIpc) is 2.90. The van der Waals surface area contributed by atoms with Crippen LogP contribution in [0, 0.1) is 20.8 Å². The molecule has 3 aromatic rings. The van der Waals surface area contributed by atoms with Crippen molar-refractivity contribution >= 4 is 34.6 Å². The minimum Gasteiger partial charge on any atom is -0.358 e. The minimum absolute atomic E-state index is 0.591. The number of aromatic nitrogens is 2. The molecule has 2 N–H and O–H groups in total. The van der Waals surface area contributed by atoms with Gasteiger partial charge in [-0.15, -0.1) is 0 Å². The van der Waals surface area contributed by atoms with Crippen LogP contribution in [-0.2, 0) is 13.1 Å². The van der Waals surface area contributed by atoms with Crippen molar-refractivity contribution in [3.05, 3.63) is 81.6 Å². The number of aryl methyl sites for hydroxylation is 2. The number of nitrogens with one attached hydrogen (secondary N) is 2. The molecule has 27 heavy (non-hydrogen) atoms. The average molecular weight is 399 g/mol. The Morgan fingerprint density at radius 3 is 2.30 bits per heavy atom. The summed E-state index contributed by atoms with van der Waals surface area (Å²) in [5.41, 5.74) is 6.50. The van der Waals surface area contributed by atoms with Crippen LogP contribution in [0.5, 0.6) is 0 Å². The number of hydrogen-bond donors (Lipinski definition) is 2. The molecule has 0 spiro atoms. The number of anilines is 1. The first-order chi connectivity index (χ1) is 12.9. The molecule has 0 atom stereocenters. The SMILES string of the molecule is Cc1ccc(CNC(=S)Nc2c(C)nn(Cc3ccc(Cl)cc3)c2C)cc1. The predicted octanol–water partition coefficient (Wildman–Crippen LogP) is 5.00. The highest BCUT2D eigenvalue weighted by Gasteiger charge is 2.13. The summed E-state index contributed by atoms with van der Waals surface area (Å²) in [7, 11) is 0. The molecule has 0 radical (unpaired) electrons. The summed E-state index contributed by atoms with van der Waals surface area (Å²) < 4.78 is 1.98. The van der Waals surface area contributed by atoms with Gasteiger partial charge in [0.15, 0.2) is 5.11 Å². The molecule has 0 amide bonds. The second-order valence-electron chi connectivity index (χ2n) is 6.62. The summed E-state index contributed by atoms with van der Waals surface area (Å²) in [5, 5.41) is 12.5. The molecule has 0 aliphatic rings. The number of thiocarbonyl (C=S) groups is 1. The third-order valence-electron chi connectivity index (χ3n) is 4.44. The monoisotopic (exact) mass is 398 g/mol. The Bertz CT molecular complexity index is 930. The molecule has 0 bridgehead atoms. The van der Waals surface area contributed by atoms with Crippen LogP contribution in [0.1, 0.15) is 28.1 Å². The summed E-state index contributed by atoms with van der Waals surface area (Å²) in [6.45, 7) is 7.48. The highest BCUT2D eigenvalue weighted by atomic mass is 35.5. The third-order valence-corrected chi connectivity index (χ3v) is 4.94. The minimum atomic E-state index is 0.591. The van der Waals surface area contributed by atoms with Crippen LogP contribution < -0.4 is 10.6 Å². The van der Waals surface area contributed by atoms with Gasteiger partial charge in [-0.2, -0.15) is 5.10 Å². The van der Waals surface area contributed by atoms with Crippen LogP contribution in [0.25, 0.3) is 0 Å². The van der Waals surface area contributed by atoms with Gasteiger partial charge in [0, 0.05) is 11.6 Å². The summed E-state index contributed by atoms with van der Waals surface area (Å²) in [6, 6.07) is 16.2. The highest BCUT2D eigenvalue weighted by molar-refractivity contribution is 7.80. The number of benzene rings is 2. The fourth-order valence-corrected chi connectivity index (χ4v) is 3.14. The maximum atomic E-state index is 5.96. The zero-order valence-corrected chi connectivity index (χ0v) is 17.3. The second-order valence-corrected chi connectivity index (χ2v) is 7.47. The molecule has 0 unspecified atom stereocenters. The molecular weight excluding hydrogens is 376 g/mol. The van der Waals surface area contributed by atoms with Gasteiger partial charge >= 0.3 is 0 Å². The zero-order chi connectivity index (χ0) is 19.4. The maximum absolute atomic E-state index is 5.96. The van der Waals surface area contributed by atoms with E-state index in [1.807, 2.05) is 42.8 Å². The molecule has 4 nitrogen and oxygen atoms in total. The molecule has 1 aromatic heterocycles. The molecule has 0 fully saturated rings. The van der Waals surface area contributed by atoms with Crippen molar-refractivity contribution in [1.82, 2.24) is 15.1 Å². The van der Waals surface area contributed by atoms with E-state index >= 15 is 0 Å². The van der Waals surface area contributed by atoms with E-state index in [4.69, 9.17) is 23.8 Å². The van der Waals surface area contributed by atoms with Crippen LogP contribution >= 0.6 is 23.8 Å². The topological polar surface area (TPSA) is 41.9 Å². The molecule has 1 heterocycles. The van der Waals surface area contributed by atoms with Crippen LogP contribution in [0.4, 0.5) is 5.69 Å². The molecule has 0 aliphatic carbocycles. The smallest absolute Gasteiger partial charge is 0.171 e. The van der Waals surface area contributed by atoms with Gasteiger partial charge in [0.2, 0.25) is 0 Å². The van der Waals surface area contributed by atoms with Crippen molar-refractivity contribution in [3.8, 4) is 0 Å². The summed E-state index contributed by atoms with van der Waals surface area (Å²) in [5.74, 6) is 0. The fraction of sp³-hybridized carbons (Fsp3) is 0.238. The van der Waals surface area contributed by atoms with Gasteiger partial charge in [0.05, 0.1) is 23.6 Å². The van der Waals surface area contributed by atoms with E-state index in [0.29, 0.717) is 18.2 Å². The Balaban J connectivity index is 1.64. The van der Waals surface area contributed by atoms with E-state index < -0.39 is 0 Å². The molecule has 2 aromatic carbocycles. The predicted molar refractivity (Wildman–Crippen MR) is 116 cm³/mol. The van der Waals surface area contributed by atoms with Crippen LogP contribution in [0.3, 0.4) is 0 Å². The lowest BCUT2D eigenvalue weighted by atomic mass is 10.1. The third kappa shape index (κ3) is 5.08. The largest absolute Gasteiger partial charge is 0.358 e.